The van der Waals surface area contributed by atoms with Gasteiger partial charge in [-0.2, -0.15) is 0 Å². The molecule has 3 rings (SSSR count). The third kappa shape index (κ3) is 1.88. The molecule has 2 aliphatic heterocycles. The van der Waals surface area contributed by atoms with Crippen LogP contribution in [0.5, 0.6) is 0 Å². The number of nitrogens with zero attached hydrogens (tertiary/aromatic N) is 1. The summed E-state index contributed by atoms with van der Waals surface area (Å²) in [4.78, 5) is 4.32. The van der Waals surface area contributed by atoms with Crippen LogP contribution in [-0.2, 0) is 11.2 Å². The topological polar surface area (TPSA) is 60.2 Å². The molecule has 0 aromatic carbocycles. The lowest BCUT2D eigenvalue weighted by Gasteiger charge is -2.27. The van der Waals surface area contributed by atoms with Crippen LogP contribution in [0.1, 0.15) is 24.3 Å². The minimum Gasteiger partial charge on any atom is -0.375 e. The maximum absolute atomic E-state index is 5.87. The van der Waals surface area contributed by atoms with Gasteiger partial charge in [0, 0.05) is 30.0 Å². The van der Waals surface area contributed by atoms with Crippen molar-refractivity contribution < 1.29 is 4.74 Å². The largest absolute Gasteiger partial charge is 0.375 e. The van der Waals surface area contributed by atoms with Crippen molar-refractivity contribution in [3.8, 4) is 0 Å². The third-order valence-corrected chi connectivity index (χ3v) is 4.56. The van der Waals surface area contributed by atoms with Crippen LogP contribution < -0.4 is 11.3 Å². The molecule has 4 atom stereocenters. The highest BCUT2D eigenvalue weighted by atomic mass is 32.1. The average Bonchev–Trinajstić information content (AvgIpc) is 3.02. The van der Waals surface area contributed by atoms with Gasteiger partial charge in [0.1, 0.15) is 0 Å². The van der Waals surface area contributed by atoms with Gasteiger partial charge in [0.2, 0.25) is 0 Å². The first-order valence-electron chi connectivity index (χ1n) is 5.87. The summed E-state index contributed by atoms with van der Waals surface area (Å²) >= 11 is 1.70. The summed E-state index contributed by atoms with van der Waals surface area (Å²) in [6.45, 7) is 0. The maximum Gasteiger partial charge on any atom is 0.0940 e. The zero-order valence-electron chi connectivity index (χ0n) is 9.13. The van der Waals surface area contributed by atoms with E-state index in [1.807, 2.05) is 11.6 Å². The van der Waals surface area contributed by atoms with Gasteiger partial charge in [-0.3, -0.25) is 11.3 Å². The monoisotopic (exact) mass is 239 g/mol. The Bertz CT molecular complexity index is 343. The minimum absolute atomic E-state index is 0.307. The highest BCUT2D eigenvalue weighted by Gasteiger charge is 2.44. The standard InChI is InChI=1S/C11H17N3OS/c12-14-9(6-11-13-3-4-16-11)8-5-7-1-2-10(8)15-7/h3-4,7-10,14H,1-2,5-6,12H2. The Morgan fingerprint density at radius 2 is 2.56 bits per heavy atom. The number of ether oxygens (including phenoxy) is 1. The molecule has 0 aliphatic carbocycles. The fraction of sp³-hybridized carbons (Fsp3) is 0.727. The predicted octanol–water partition coefficient (Wildman–Crippen LogP) is 1.08. The molecule has 0 saturated carbocycles. The van der Waals surface area contributed by atoms with Crippen molar-refractivity contribution >= 4 is 11.3 Å². The molecule has 16 heavy (non-hydrogen) atoms. The normalized spacial score (nSPS) is 34.4. The Kier molecular flexibility index (Phi) is 2.93. The van der Waals surface area contributed by atoms with Gasteiger partial charge in [-0.25, -0.2) is 4.98 Å². The number of thiazole rings is 1. The lowest BCUT2D eigenvalue weighted by Crippen LogP contribution is -2.45. The molecule has 4 nitrogen and oxygen atoms in total. The summed E-state index contributed by atoms with van der Waals surface area (Å²) < 4.78 is 5.87. The van der Waals surface area contributed by atoms with Crippen LogP contribution in [0.4, 0.5) is 0 Å². The van der Waals surface area contributed by atoms with E-state index in [2.05, 4.69) is 10.4 Å². The van der Waals surface area contributed by atoms with Crippen molar-refractivity contribution in [3.63, 3.8) is 0 Å². The number of hydrogen-bond acceptors (Lipinski definition) is 5. The molecule has 0 spiro atoms. The molecule has 2 bridgehead atoms. The first-order chi connectivity index (χ1) is 7.86. The van der Waals surface area contributed by atoms with Gasteiger partial charge in [0.05, 0.1) is 17.2 Å². The Morgan fingerprint density at radius 1 is 1.62 bits per heavy atom. The van der Waals surface area contributed by atoms with Crippen LogP contribution >= 0.6 is 11.3 Å². The SMILES string of the molecule is NNC(Cc1nccs1)C1CC2CCC1O2. The predicted molar refractivity (Wildman–Crippen MR) is 62.9 cm³/mol. The van der Waals surface area contributed by atoms with Crippen LogP contribution in [0.3, 0.4) is 0 Å². The number of rotatable bonds is 4. The van der Waals surface area contributed by atoms with Crippen LogP contribution in [-0.4, -0.2) is 23.2 Å². The van der Waals surface area contributed by atoms with E-state index < -0.39 is 0 Å². The smallest absolute Gasteiger partial charge is 0.0940 e. The van der Waals surface area contributed by atoms with Crippen molar-refractivity contribution in [2.24, 2.45) is 11.8 Å². The summed E-state index contributed by atoms with van der Waals surface area (Å²) in [6.07, 6.45) is 7.27. The zero-order valence-corrected chi connectivity index (χ0v) is 9.95. The maximum atomic E-state index is 5.87. The van der Waals surface area contributed by atoms with Crippen LogP contribution in [0.15, 0.2) is 11.6 Å². The molecule has 5 heteroatoms. The summed E-state index contributed by atoms with van der Waals surface area (Å²) in [5.41, 5.74) is 2.95. The Labute approximate surface area is 99.2 Å². The van der Waals surface area contributed by atoms with E-state index in [1.54, 1.807) is 11.3 Å². The molecule has 1 aromatic rings. The fourth-order valence-electron chi connectivity index (χ4n) is 2.98. The first kappa shape index (κ1) is 10.7. The van der Waals surface area contributed by atoms with Crippen LogP contribution in [0.2, 0.25) is 0 Å². The Balaban J connectivity index is 1.67. The van der Waals surface area contributed by atoms with E-state index in [9.17, 15) is 0 Å². The van der Waals surface area contributed by atoms with Crippen molar-refractivity contribution in [2.45, 2.75) is 43.9 Å². The van der Waals surface area contributed by atoms with Gasteiger partial charge in [-0.15, -0.1) is 11.3 Å². The van der Waals surface area contributed by atoms with Crippen LogP contribution in [0.25, 0.3) is 0 Å². The number of aromatic nitrogens is 1. The van der Waals surface area contributed by atoms with Gasteiger partial charge in [-0.1, -0.05) is 0 Å². The molecule has 1 aromatic heterocycles. The fourth-order valence-corrected chi connectivity index (χ4v) is 3.65. The van der Waals surface area contributed by atoms with Gasteiger partial charge < -0.3 is 4.74 Å². The molecule has 0 amide bonds. The second kappa shape index (κ2) is 4.41. The second-order valence-corrected chi connectivity index (χ2v) is 5.66. The number of fused-ring (bicyclic) bond motifs is 2. The third-order valence-electron chi connectivity index (χ3n) is 3.76. The number of nitrogens with one attached hydrogen (secondary N) is 1. The molecular formula is C11H17N3OS. The molecule has 2 aliphatic rings. The summed E-state index contributed by atoms with van der Waals surface area (Å²) in [6, 6.07) is 0.307. The zero-order chi connectivity index (χ0) is 11.0. The van der Waals surface area contributed by atoms with Crippen molar-refractivity contribution in [1.29, 1.82) is 0 Å². The first-order valence-corrected chi connectivity index (χ1v) is 6.74. The average molecular weight is 239 g/mol. The second-order valence-electron chi connectivity index (χ2n) is 4.68. The Morgan fingerprint density at radius 3 is 3.12 bits per heavy atom. The van der Waals surface area contributed by atoms with E-state index in [4.69, 9.17) is 10.6 Å². The van der Waals surface area contributed by atoms with Gasteiger partial charge in [0.15, 0.2) is 0 Å². The lowest BCUT2D eigenvalue weighted by atomic mass is 9.83. The number of hydrazine groups is 1. The van der Waals surface area contributed by atoms with Crippen molar-refractivity contribution in [1.82, 2.24) is 10.4 Å². The highest BCUT2D eigenvalue weighted by Crippen LogP contribution is 2.40. The van der Waals surface area contributed by atoms with Crippen LogP contribution in [0, 0.1) is 5.92 Å². The van der Waals surface area contributed by atoms with E-state index >= 15 is 0 Å². The minimum atomic E-state index is 0.307. The summed E-state index contributed by atoms with van der Waals surface area (Å²) in [5.74, 6) is 6.23. The molecule has 3 heterocycles. The van der Waals surface area contributed by atoms with E-state index in [0.717, 1.165) is 17.8 Å². The van der Waals surface area contributed by atoms with Crippen molar-refractivity contribution in [2.75, 3.05) is 0 Å². The molecular weight excluding hydrogens is 222 g/mol. The highest BCUT2D eigenvalue weighted by molar-refractivity contribution is 7.09. The molecule has 4 unspecified atom stereocenters. The molecule has 2 saturated heterocycles. The van der Waals surface area contributed by atoms with E-state index in [1.165, 1.54) is 12.8 Å². The van der Waals surface area contributed by atoms with E-state index in [-0.39, 0.29) is 0 Å². The quantitative estimate of drug-likeness (QED) is 0.610. The van der Waals surface area contributed by atoms with E-state index in [0.29, 0.717) is 24.2 Å². The van der Waals surface area contributed by atoms with Gasteiger partial charge in [0.25, 0.3) is 0 Å². The van der Waals surface area contributed by atoms with Gasteiger partial charge >= 0.3 is 0 Å². The molecule has 88 valence electrons. The van der Waals surface area contributed by atoms with Crippen molar-refractivity contribution in [3.05, 3.63) is 16.6 Å². The molecule has 2 fully saturated rings. The van der Waals surface area contributed by atoms with Gasteiger partial charge in [-0.05, 0) is 19.3 Å². The number of nitrogens with two attached hydrogens (primary N) is 1. The molecule has 0 radical (unpaired) electrons. The number of hydrogen-bond donors (Lipinski definition) is 2. The molecule has 3 N–H and O–H groups in total. The Hall–Kier alpha value is -0.490. The summed E-state index contributed by atoms with van der Waals surface area (Å²) in [7, 11) is 0. The lowest BCUT2D eigenvalue weighted by molar-refractivity contribution is 0.0857. The summed E-state index contributed by atoms with van der Waals surface area (Å²) in [5, 5.41) is 3.17.